The summed E-state index contributed by atoms with van der Waals surface area (Å²) in [6.45, 7) is 0.581. The molecule has 1 aliphatic heterocycles. The third-order valence-electron chi connectivity index (χ3n) is 4.20. The predicted octanol–water partition coefficient (Wildman–Crippen LogP) is 1.04. The van der Waals surface area contributed by atoms with Crippen LogP contribution in [-0.2, 0) is 10.0 Å². The number of rotatable bonds is 4. The van der Waals surface area contributed by atoms with Crippen LogP contribution >= 0.6 is 0 Å². The summed E-state index contributed by atoms with van der Waals surface area (Å²) in [7, 11) is -3.62. The van der Waals surface area contributed by atoms with Crippen LogP contribution in [0.15, 0.2) is 46.2 Å². The molecule has 2 N–H and O–H groups in total. The molecule has 9 heteroatoms. The second-order valence-electron chi connectivity index (χ2n) is 5.83. The molecule has 0 aliphatic carbocycles. The minimum Gasteiger partial charge on any atom is -0.477 e. The van der Waals surface area contributed by atoms with Crippen molar-refractivity contribution in [3.05, 3.63) is 58.3 Å². The van der Waals surface area contributed by atoms with Crippen LogP contribution in [-0.4, -0.2) is 46.9 Å². The van der Waals surface area contributed by atoms with Crippen LogP contribution in [0.5, 0.6) is 0 Å². The van der Waals surface area contributed by atoms with Gasteiger partial charge >= 0.3 is 5.97 Å². The van der Waals surface area contributed by atoms with Crippen LogP contribution in [0.3, 0.4) is 0 Å². The Balaban J connectivity index is 1.86. The van der Waals surface area contributed by atoms with E-state index in [9.17, 15) is 18.0 Å². The lowest BCUT2D eigenvalue weighted by atomic mass is 9.99. The first kappa shape index (κ1) is 17.3. The maximum absolute atomic E-state index is 12.7. The van der Waals surface area contributed by atoms with Crippen LogP contribution < -0.4 is 5.56 Å². The number of hydrogen-bond acceptors (Lipinski definition) is 5. The van der Waals surface area contributed by atoms with E-state index in [0.29, 0.717) is 25.2 Å². The summed E-state index contributed by atoms with van der Waals surface area (Å²) < 4.78 is 26.8. The van der Waals surface area contributed by atoms with E-state index in [1.807, 2.05) is 0 Å². The molecule has 0 spiro atoms. The van der Waals surface area contributed by atoms with Gasteiger partial charge in [-0.15, -0.1) is 0 Å². The highest BCUT2D eigenvalue weighted by atomic mass is 32.2. The number of hydrogen-bond donors (Lipinski definition) is 2. The van der Waals surface area contributed by atoms with Crippen molar-refractivity contribution in [2.75, 3.05) is 13.1 Å². The Kier molecular flexibility index (Phi) is 4.69. The van der Waals surface area contributed by atoms with Gasteiger partial charge in [0.25, 0.3) is 5.56 Å². The largest absolute Gasteiger partial charge is 0.477 e. The molecule has 8 nitrogen and oxygen atoms in total. The van der Waals surface area contributed by atoms with Crippen molar-refractivity contribution in [2.45, 2.75) is 23.7 Å². The van der Waals surface area contributed by atoms with Crippen LogP contribution in [0.2, 0.25) is 0 Å². The van der Waals surface area contributed by atoms with E-state index >= 15 is 0 Å². The molecule has 0 unspecified atom stereocenters. The summed E-state index contributed by atoms with van der Waals surface area (Å²) in [6, 6.07) is 8.16. The number of carboxylic acid groups (broad SMARTS) is 1. The highest BCUT2D eigenvalue weighted by Crippen LogP contribution is 2.28. The van der Waals surface area contributed by atoms with E-state index in [2.05, 4.69) is 9.97 Å². The first-order chi connectivity index (χ1) is 11.9. The fourth-order valence-electron chi connectivity index (χ4n) is 2.89. The second-order valence-corrected chi connectivity index (χ2v) is 7.77. The zero-order valence-electron chi connectivity index (χ0n) is 13.3. The number of aromatic amines is 1. The van der Waals surface area contributed by atoms with Gasteiger partial charge in [-0.3, -0.25) is 4.79 Å². The van der Waals surface area contributed by atoms with Crippen molar-refractivity contribution >= 4 is 16.0 Å². The third-order valence-corrected chi connectivity index (χ3v) is 6.08. The lowest BCUT2D eigenvalue weighted by Crippen LogP contribution is -2.40. The molecule has 1 aromatic heterocycles. The van der Waals surface area contributed by atoms with Crippen LogP contribution in [0.1, 0.15) is 34.9 Å². The quantitative estimate of drug-likeness (QED) is 0.837. The number of benzene rings is 1. The minimum absolute atomic E-state index is 0.187. The monoisotopic (exact) mass is 363 g/mol. The number of carbonyl (C=O) groups is 1. The number of aromatic carboxylic acids is 1. The Hall–Kier alpha value is -2.52. The van der Waals surface area contributed by atoms with Gasteiger partial charge in [0.05, 0.1) is 4.90 Å². The first-order valence-corrected chi connectivity index (χ1v) is 9.21. The summed E-state index contributed by atoms with van der Waals surface area (Å²) in [5.74, 6) is -1.33. The highest BCUT2D eigenvalue weighted by molar-refractivity contribution is 7.89. The van der Waals surface area contributed by atoms with Crippen molar-refractivity contribution in [1.82, 2.24) is 14.3 Å². The number of aromatic nitrogens is 2. The standard InChI is InChI=1S/C16H17N3O5S/c20-15-13(16(21)22)9-17-14(18-15)11-5-4-8-19(10-11)25(23,24)12-6-2-1-3-7-12/h1-3,6-7,9,11H,4-5,8,10H2,(H,21,22)(H,17,18,20)/t11-/m0/s1. The van der Waals surface area contributed by atoms with Gasteiger partial charge in [0.1, 0.15) is 11.4 Å². The zero-order chi connectivity index (χ0) is 18.0. The average molecular weight is 363 g/mol. The van der Waals surface area contributed by atoms with E-state index in [0.717, 1.165) is 6.20 Å². The Morgan fingerprint density at radius 2 is 2.00 bits per heavy atom. The summed E-state index contributed by atoms with van der Waals surface area (Å²) in [6.07, 6.45) is 2.30. The van der Waals surface area contributed by atoms with Gasteiger partial charge in [0.15, 0.2) is 0 Å². The Labute approximate surface area is 144 Å². The normalized spacial score (nSPS) is 18.8. The van der Waals surface area contributed by atoms with E-state index in [1.54, 1.807) is 30.3 Å². The zero-order valence-corrected chi connectivity index (χ0v) is 14.1. The summed E-state index contributed by atoms with van der Waals surface area (Å²) >= 11 is 0. The SMILES string of the molecule is O=C(O)c1cnc([C@H]2CCCN(S(=O)(=O)c3ccccc3)C2)[nH]c1=O. The van der Waals surface area contributed by atoms with Gasteiger partial charge in [-0.25, -0.2) is 18.2 Å². The molecule has 1 saturated heterocycles. The molecular weight excluding hydrogens is 346 g/mol. The fraction of sp³-hybridized carbons (Fsp3) is 0.312. The van der Waals surface area contributed by atoms with Crippen LogP contribution in [0, 0.1) is 0 Å². The van der Waals surface area contributed by atoms with Gasteiger partial charge in [-0.2, -0.15) is 4.31 Å². The van der Waals surface area contributed by atoms with Crippen molar-refractivity contribution < 1.29 is 18.3 Å². The van der Waals surface area contributed by atoms with E-state index in [1.165, 1.54) is 4.31 Å². The van der Waals surface area contributed by atoms with Crippen molar-refractivity contribution in [1.29, 1.82) is 0 Å². The molecule has 0 saturated carbocycles. The topological polar surface area (TPSA) is 120 Å². The molecule has 2 heterocycles. The number of nitrogens with one attached hydrogen (secondary N) is 1. The van der Waals surface area contributed by atoms with Gasteiger partial charge in [0, 0.05) is 25.2 Å². The Bertz CT molecular complexity index is 940. The molecule has 132 valence electrons. The molecule has 0 bridgehead atoms. The smallest absolute Gasteiger partial charge is 0.342 e. The van der Waals surface area contributed by atoms with E-state index < -0.39 is 27.1 Å². The summed E-state index contributed by atoms with van der Waals surface area (Å²) in [5.41, 5.74) is -1.17. The number of nitrogens with zero attached hydrogens (tertiary/aromatic N) is 2. The van der Waals surface area contributed by atoms with Gasteiger partial charge in [-0.05, 0) is 25.0 Å². The maximum Gasteiger partial charge on any atom is 0.342 e. The lowest BCUT2D eigenvalue weighted by Gasteiger charge is -2.31. The first-order valence-electron chi connectivity index (χ1n) is 7.77. The summed E-state index contributed by atoms with van der Waals surface area (Å²) in [5, 5.41) is 8.89. The molecule has 0 amide bonds. The number of carboxylic acids is 1. The van der Waals surface area contributed by atoms with Gasteiger partial charge < -0.3 is 10.1 Å². The maximum atomic E-state index is 12.7. The predicted molar refractivity (Wildman–Crippen MR) is 89.0 cm³/mol. The molecule has 0 radical (unpaired) electrons. The Morgan fingerprint density at radius 3 is 2.64 bits per heavy atom. The van der Waals surface area contributed by atoms with E-state index in [4.69, 9.17) is 5.11 Å². The number of sulfonamides is 1. The molecule has 2 aromatic rings. The molecule has 3 rings (SSSR count). The van der Waals surface area contributed by atoms with Crippen LogP contribution in [0.4, 0.5) is 0 Å². The average Bonchev–Trinajstić information content (AvgIpc) is 2.62. The summed E-state index contributed by atoms with van der Waals surface area (Å²) in [4.78, 5) is 29.4. The molecule has 1 fully saturated rings. The molecular formula is C16H17N3O5S. The lowest BCUT2D eigenvalue weighted by molar-refractivity contribution is 0.0694. The van der Waals surface area contributed by atoms with Crippen LogP contribution in [0.25, 0.3) is 0 Å². The van der Waals surface area contributed by atoms with Crippen molar-refractivity contribution in [3.63, 3.8) is 0 Å². The number of piperidine rings is 1. The van der Waals surface area contributed by atoms with Crippen molar-refractivity contribution in [3.8, 4) is 0 Å². The second kappa shape index (κ2) is 6.77. The van der Waals surface area contributed by atoms with Gasteiger partial charge in [-0.1, -0.05) is 18.2 Å². The molecule has 1 atom stereocenters. The molecule has 25 heavy (non-hydrogen) atoms. The Morgan fingerprint density at radius 1 is 1.28 bits per heavy atom. The highest BCUT2D eigenvalue weighted by Gasteiger charge is 2.32. The molecule has 1 aromatic carbocycles. The van der Waals surface area contributed by atoms with Crippen molar-refractivity contribution in [2.24, 2.45) is 0 Å². The molecule has 1 aliphatic rings. The third kappa shape index (κ3) is 3.47. The fourth-order valence-corrected chi connectivity index (χ4v) is 4.44. The number of H-pyrrole nitrogens is 1. The van der Waals surface area contributed by atoms with Gasteiger partial charge in [0.2, 0.25) is 10.0 Å². The van der Waals surface area contributed by atoms with E-state index in [-0.39, 0.29) is 17.4 Å². The minimum atomic E-state index is -3.62.